The molecule has 2 aromatic rings. The monoisotopic (exact) mass is 299 g/mol. The number of ether oxygens (including phenoxy) is 1. The summed E-state index contributed by atoms with van der Waals surface area (Å²) in [6.07, 6.45) is 0.237. The van der Waals surface area contributed by atoms with E-state index in [1.807, 2.05) is 0 Å². The summed E-state index contributed by atoms with van der Waals surface area (Å²) in [6, 6.07) is 10.6. The van der Waals surface area contributed by atoms with Crippen LogP contribution in [0.4, 0.5) is 10.1 Å². The Balaban J connectivity index is 2.09. The van der Waals surface area contributed by atoms with Gasteiger partial charge >= 0.3 is 0 Å². The molecule has 0 spiro atoms. The predicted molar refractivity (Wildman–Crippen MR) is 80.0 cm³/mol. The number of fused-ring (bicyclic) bond motifs is 1. The number of methoxy groups -OCH3 is 1. The lowest BCUT2D eigenvalue weighted by atomic mass is 9.98. The number of nitrogens with zero attached hydrogens (tertiary/aromatic N) is 1. The molecular formula is C17H14FNO3. The van der Waals surface area contributed by atoms with Crippen molar-refractivity contribution in [2.24, 2.45) is 0 Å². The summed E-state index contributed by atoms with van der Waals surface area (Å²) >= 11 is 0. The van der Waals surface area contributed by atoms with Gasteiger partial charge in [-0.25, -0.2) is 4.39 Å². The van der Waals surface area contributed by atoms with Crippen LogP contribution in [-0.2, 0) is 0 Å². The van der Waals surface area contributed by atoms with E-state index in [-0.39, 0.29) is 30.2 Å². The van der Waals surface area contributed by atoms with Gasteiger partial charge in [-0.05, 0) is 30.3 Å². The van der Waals surface area contributed by atoms with Crippen LogP contribution in [0, 0.1) is 5.82 Å². The fraction of sp³-hybridized carbons (Fsp3) is 0.176. The number of para-hydroxylation sites is 1. The van der Waals surface area contributed by atoms with Crippen molar-refractivity contribution < 1.29 is 18.7 Å². The van der Waals surface area contributed by atoms with Crippen LogP contribution in [0.1, 0.15) is 27.1 Å². The van der Waals surface area contributed by atoms with Crippen molar-refractivity contribution in [3.63, 3.8) is 0 Å². The molecule has 1 aliphatic rings. The van der Waals surface area contributed by atoms with Gasteiger partial charge in [-0.15, -0.1) is 0 Å². The van der Waals surface area contributed by atoms with Crippen molar-refractivity contribution in [3.8, 4) is 5.75 Å². The average Bonchev–Trinajstić information content (AvgIpc) is 2.54. The summed E-state index contributed by atoms with van der Waals surface area (Å²) in [7, 11) is 1.49. The van der Waals surface area contributed by atoms with Crippen molar-refractivity contribution in [2.75, 3.05) is 18.6 Å². The van der Waals surface area contributed by atoms with Crippen LogP contribution in [0.2, 0.25) is 0 Å². The lowest BCUT2D eigenvalue weighted by Crippen LogP contribution is -2.37. The number of carbonyl (C=O) groups excluding carboxylic acids is 2. The molecule has 112 valence electrons. The lowest BCUT2D eigenvalue weighted by Gasteiger charge is -2.30. The van der Waals surface area contributed by atoms with Crippen molar-refractivity contribution >= 4 is 17.4 Å². The molecule has 2 aromatic carbocycles. The van der Waals surface area contributed by atoms with E-state index >= 15 is 0 Å². The van der Waals surface area contributed by atoms with Crippen molar-refractivity contribution in [2.45, 2.75) is 6.42 Å². The summed E-state index contributed by atoms with van der Waals surface area (Å²) in [5.74, 6) is -0.399. The highest BCUT2D eigenvalue weighted by Gasteiger charge is 2.30. The normalized spacial score (nSPS) is 13.7. The third-order valence-corrected chi connectivity index (χ3v) is 3.67. The number of anilines is 1. The molecule has 1 amide bonds. The maximum absolute atomic E-state index is 13.3. The Morgan fingerprint density at radius 2 is 2.00 bits per heavy atom. The van der Waals surface area contributed by atoms with Gasteiger partial charge < -0.3 is 9.64 Å². The second-order valence-electron chi connectivity index (χ2n) is 5.00. The summed E-state index contributed by atoms with van der Waals surface area (Å²) < 4.78 is 18.6. The van der Waals surface area contributed by atoms with Gasteiger partial charge in [-0.1, -0.05) is 12.1 Å². The lowest BCUT2D eigenvalue weighted by molar-refractivity contribution is 0.0953. The largest absolute Gasteiger partial charge is 0.495 e. The van der Waals surface area contributed by atoms with Crippen LogP contribution < -0.4 is 9.64 Å². The second-order valence-corrected chi connectivity index (χ2v) is 5.00. The Bertz CT molecular complexity index is 757. The van der Waals surface area contributed by atoms with Gasteiger partial charge in [0.2, 0.25) is 0 Å². The summed E-state index contributed by atoms with van der Waals surface area (Å²) in [5.41, 5.74) is 1.15. The Morgan fingerprint density at radius 3 is 2.73 bits per heavy atom. The molecule has 22 heavy (non-hydrogen) atoms. The van der Waals surface area contributed by atoms with E-state index in [4.69, 9.17) is 4.74 Å². The molecule has 0 radical (unpaired) electrons. The molecule has 1 heterocycles. The first-order valence-electron chi connectivity index (χ1n) is 6.89. The van der Waals surface area contributed by atoms with Gasteiger partial charge in [-0.2, -0.15) is 0 Å². The number of rotatable bonds is 2. The first-order valence-corrected chi connectivity index (χ1v) is 6.89. The Labute approximate surface area is 127 Å². The second kappa shape index (κ2) is 5.60. The first kappa shape index (κ1) is 14.3. The minimum atomic E-state index is -0.473. The zero-order chi connectivity index (χ0) is 15.7. The van der Waals surface area contributed by atoms with Crippen molar-refractivity contribution in [3.05, 3.63) is 59.4 Å². The average molecular weight is 299 g/mol. The smallest absolute Gasteiger partial charge is 0.258 e. The summed E-state index contributed by atoms with van der Waals surface area (Å²) in [4.78, 5) is 26.2. The molecule has 4 nitrogen and oxygen atoms in total. The van der Waals surface area contributed by atoms with Crippen LogP contribution in [0.3, 0.4) is 0 Å². The number of amides is 1. The van der Waals surface area contributed by atoms with Crippen LogP contribution >= 0.6 is 0 Å². The minimum Gasteiger partial charge on any atom is -0.495 e. The van der Waals surface area contributed by atoms with Gasteiger partial charge in [0.15, 0.2) is 5.78 Å². The molecule has 1 aliphatic heterocycles. The fourth-order valence-corrected chi connectivity index (χ4v) is 2.63. The highest BCUT2D eigenvalue weighted by atomic mass is 19.1. The molecule has 0 atom stereocenters. The molecule has 0 fully saturated rings. The number of Topliss-reactive ketones (excluding diaryl/α,β-unsaturated/α-hetero) is 1. The molecule has 0 aromatic heterocycles. The number of hydrogen-bond acceptors (Lipinski definition) is 3. The van der Waals surface area contributed by atoms with Gasteiger partial charge in [0.05, 0.1) is 12.8 Å². The van der Waals surface area contributed by atoms with Crippen LogP contribution in [-0.4, -0.2) is 25.3 Å². The van der Waals surface area contributed by atoms with E-state index in [2.05, 4.69) is 0 Å². The van der Waals surface area contributed by atoms with Crippen molar-refractivity contribution in [1.29, 1.82) is 0 Å². The number of hydrogen-bond donors (Lipinski definition) is 0. The van der Waals surface area contributed by atoms with E-state index in [0.29, 0.717) is 17.0 Å². The van der Waals surface area contributed by atoms with Crippen LogP contribution in [0.25, 0.3) is 0 Å². The first-order chi connectivity index (χ1) is 10.6. The number of carbonyl (C=O) groups is 2. The van der Waals surface area contributed by atoms with Crippen LogP contribution in [0.15, 0.2) is 42.5 Å². The van der Waals surface area contributed by atoms with E-state index in [9.17, 15) is 14.0 Å². The minimum absolute atomic E-state index is 0.0304. The van der Waals surface area contributed by atoms with Gasteiger partial charge in [0.25, 0.3) is 5.91 Å². The van der Waals surface area contributed by atoms with Gasteiger partial charge in [0, 0.05) is 24.1 Å². The fourth-order valence-electron chi connectivity index (χ4n) is 2.63. The summed E-state index contributed by atoms with van der Waals surface area (Å²) in [5, 5.41) is 0. The van der Waals surface area contributed by atoms with E-state index < -0.39 is 5.82 Å². The summed E-state index contributed by atoms with van der Waals surface area (Å²) in [6.45, 7) is 0.252. The Kier molecular flexibility index (Phi) is 3.63. The molecule has 0 unspecified atom stereocenters. The molecule has 3 rings (SSSR count). The van der Waals surface area contributed by atoms with Crippen LogP contribution in [0.5, 0.6) is 5.75 Å². The highest BCUT2D eigenvalue weighted by Crippen LogP contribution is 2.36. The maximum Gasteiger partial charge on any atom is 0.258 e. The zero-order valence-corrected chi connectivity index (χ0v) is 12.0. The Hall–Kier alpha value is -2.69. The van der Waals surface area contributed by atoms with E-state index in [1.165, 1.54) is 30.2 Å². The molecule has 0 aliphatic carbocycles. The van der Waals surface area contributed by atoms with Gasteiger partial charge in [-0.3, -0.25) is 9.59 Å². The quantitative estimate of drug-likeness (QED) is 0.856. The van der Waals surface area contributed by atoms with E-state index in [1.54, 1.807) is 24.3 Å². The molecule has 0 saturated carbocycles. The maximum atomic E-state index is 13.3. The third kappa shape index (κ3) is 2.35. The number of halogens is 1. The SMILES string of the molecule is COc1cccc2c1N(C(=O)c1cccc(F)c1)CCC2=O. The molecule has 5 heteroatoms. The predicted octanol–water partition coefficient (Wildman–Crippen LogP) is 3.07. The van der Waals surface area contributed by atoms with Crippen molar-refractivity contribution in [1.82, 2.24) is 0 Å². The number of benzene rings is 2. The highest BCUT2D eigenvalue weighted by molar-refractivity contribution is 6.14. The molecular weight excluding hydrogens is 285 g/mol. The zero-order valence-electron chi connectivity index (χ0n) is 12.0. The van der Waals surface area contributed by atoms with E-state index in [0.717, 1.165) is 0 Å². The molecule has 0 saturated heterocycles. The molecule has 0 bridgehead atoms. The third-order valence-electron chi connectivity index (χ3n) is 3.67. The standard InChI is InChI=1S/C17H14FNO3/c1-22-15-7-3-6-13-14(20)8-9-19(16(13)15)17(21)11-4-2-5-12(18)10-11/h2-7,10H,8-9H2,1H3. The molecule has 0 N–H and O–H groups in total. The van der Waals surface area contributed by atoms with Gasteiger partial charge in [0.1, 0.15) is 11.6 Å². The number of ketones is 1. The Morgan fingerprint density at radius 1 is 1.23 bits per heavy atom. The topological polar surface area (TPSA) is 46.6 Å².